The molecule has 5 rings (SSSR count). The largest absolute Gasteiger partial charge is 0.322 e. The van der Waals surface area contributed by atoms with Gasteiger partial charge in [0, 0.05) is 30.2 Å². The Morgan fingerprint density at radius 2 is 1.71 bits per heavy atom. The molecule has 1 N–H and O–H groups in total. The average Bonchev–Trinajstić information content (AvgIpc) is 2.89. The predicted octanol–water partition coefficient (Wildman–Crippen LogP) is 5.40. The standard InChI is InChI=1S/C27H25N3O3S/c31-27(25-11-5-8-20-7-1-2-10-24(20)25)29-22-13-15-23(16-14-22)34(32,33)30-18-4-3-12-26(30)21-9-6-17-28-19-21/h1-2,5-11,13-17,19,26H,3-4,12,18H2,(H,29,31)/t26-/m0/s1. The summed E-state index contributed by atoms with van der Waals surface area (Å²) in [6.45, 7) is 0.474. The fourth-order valence-corrected chi connectivity index (χ4v) is 6.25. The van der Waals surface area contributed by atoms with Crippen LogP contribution in [-0.2, 0) is 10.0 Å². The number of hydrogen-bond donors (Lipinski definition) is 1. The Kier molecular flexibility index (Phi) is 6.13. The van der Waals surface area contributed by atoms with Gasteiger partial charge in [-0.2, -0.15) is 4.31 Å². The van der Waals surface area contributed by atoms with Crippen LogP contribution in [0.2, 0.25) is 0 Å². The van der Waals surface area contributed by atoms with E-state index in [0.717, 1.165) is 35.6 Å². The van der Waals surface area contributed by atoms with Gasteiger partial charge in [0.2, 0.25) is 10.0 Å². The Morgan fingerprint density at radius 1 is 0.912 bits per heavy atom. The zero-order valence-electron chi connectivity index (χ0n) is 18.6. The molecule has 1 aliphatic heterocycles. The van der Waals surface area contributed by atoms with Crippen LogP contribution in [0.4, 0.5) is 5.69 Å². The second-order valence-corrected chi connectivity index (χ2v) is 10.3. The van der Waals surface area contributed by atoms with Crippen LogP contribution in [0, 0.1) is 0 Å². The Balaban J connectivity index is 1.37. The summed E-state index contributed by atoms with van der Waals surface area (Å²) in [7, 11) is -3.69. The molecule has 0 saturated carbocycles. The molecule has 1 fully saturated rings. The summed E-state index contributed by atoms with van der Waals surface area (Å²) in [5.41, 5.74) is 2.02. The van der Waals surface area contributed by atoms with E-state index in [9.17, 15) is 13.2 Å². The summed E-state index contributed by atoms with van der Waals surface area (Å²) < 4.78 is 28.6. The van der Waals surface area contributed by atoms with Crippen molar-refractivity contribution in [3.63, 3.8) is 0 Å². The maximum absolute atomic E-state index is 13.5. The van der Waals surface area contributed by atoms with Crippen molar-refractivity contribution >= 4 is 32.4 Å². The normalized spacial score (nSPS) is 16.9. The highest BCUT2D eigenvalue weighted by Crippen LogP contribution is 2.35. The number of aromatic nitrogens is 1. The van der Waals surface area contributed by atoms with Crippen LogP contribution in [0.1, 0.15) is 41.2 Å². The van der Waals surface area contributed by atoms with E-state index in [1.165, 1.54) is 0 Å². The highest BCUT2D eigenvalue weighted by Gasteiger charge is 2.34. The van der Waals surface area contributed by atoms with Crippen LogP contribution >= 0.6 is 0 Å². The lowest BCUT2D eigenvalue weighted by Crippen LogP contribution is -2.38. The second-order valence-electron chi connectivity index (χ2n) is 8.42. The number of carbonyl (C=O) groups is 1. The number of piperidine rings is 1. The molecule has 6 nitrogen and oxygen atoms in total. The van der Waals surface area contributed by atoms with E-state index in [-0.39, 0.29) is 16.8 Å². The van der Waals surface area contributed by atoms with Crippen molar-refractivity contribution in [2.24, 2.45) is 0 Å². The van der Waals surface area contributed by atoms with Gasteiger partial charge in [-0.1, -0.05) is 48.9 Å². The van der Waals surface area contributed by atoms with E-state index < -0.39 is 10.0 Å². The first-order valence-corrected chi connectivity index (χ1v) is 12.8. The van der Waals surface area contributed by atoms with Gasteiger partial charge in [-0.05, 0) is 65.6 Å². The van der Waals surface area contributed by atoms with Gasteiger partial charge < -0.3 is 5.32 Å². The molecule has 0 spiro atoms. The van der Waals surface area contributed by atoms with Gasteiger partial charge in [0.05, 0.1) is 10.9 Å². The van der Waals surface area contributed by atoms with Crippen molar-refractivity contribution in [2.75, 3.05) is 11.9 Å². The van der Waals surface area contributed by atoms with Gasteiger partial charge >= 0.3 is 0 Å². The van der Waals surface area contributed by atoms with Crippen molar-refractivity contribution in [1.82, 2.24) is 9.29 Å². The quantitative estimate of drug-likeness (QED) is 0.422. The van der Waals surface area contributed by atoms with Crippen LogP contribution in [0.3, 0.4) is 0 Å². The highest BCUT2D eigenvalue weighted by atomic mass is 32.2. The summed E-state index contributed by atoms with van der Waals surface area (Å²) >= 11 is 0. The number of hydrogen-bond acceptors (Lipinski definition) is 4. The summed E-state index contributed by atoms with van der Waals surface area (Å²) in [4.78, 5) is 17.3. The number of carbonyl (C=O) groups excluding carboxylic acids is 1. The number of benzene rings is 3. The molecule has 3 aromatic carbocycles. The minimum Gasteiger partial charge on any atom is -0.322 e. The summed E-state index contributed by atoms with van der Waals surface area (Å²) in [5.74, 6) is -0.236. The molecule has 1 aromatic heterocycles. The molecule has 34 heavy (non-hydrogen) atoms. The fourth-order valence-electron chi connectivity index (χ4n) is 4.57. The lowest BCUT2D eigenvalue weighted by Gasteiger charge is -2.34. The van der Waals surface area contributed by atoms with Crippen LogP contribution < -0.4 is 5.32 Å². The van der Waals surface area contributed by atoms with E-state index in [4.69, 9.17) is 0 Å². The van der Waals surface area contributed by atoms with Gasteiger partial charge in [-0.3, -0.25) is 9.78 Å². The van der Waals surface area contributed by atoms with Crippen molar-refractivity contribution < 1.29 is 13.2 Å². The fraction of sp³-hybridized carbons (Fsp3) is 0.185. The molecular weight excluding hydrogens is 446 g/mol. The predicted molar refractivity (Wildman–Crippen MR) is 133 cm³/mol. The van der Waals surface area contributed by atoms with Crippen LogP contribution in [-0.4, -0.2) is 30.2 Å². The summed E-state index contributed by atoms with van der Waals surface area (Å²) in [6, 6.07) is 23.2. The Labute approximate surface area is 199 Å². The number of amides is 1. The summed E-state index contributed by atoms with van der Waals surface area (Å²) in [5, 5.41) is 4.74. The Bertz CT molecular complexity index is 1420. The molecule has 4 aromatic rings. The average molecular weight is 472 g/mol. The van der Waals surface area contributed by atoms with Gasteiger partial charge in [-0.15, -0.1) is 0 Å². The molecule has 1 aliphatic rings. The monoisotopic (exact) mass is 471 g/mol. The number of nitrogens with one attached hydrogen (secondary N) is 1. The van der Waals surface area contributed by atoms with Crippen molar-refractivity contribution in [3.05, 3.63) is 102 Å². The minimum atomic E-state index is -3.69. The molecule has 7 heteroatoms. The highest BCUT2D eigenvalue weighted by molar-refractivity contribution is 7.89. The first-order valence-electron chi connectivity index (χ1n) is 11.3. The molecule has 0 unspecified atom stereocenters. The smallest absolute Gasteiger partial charge is 0.256 e. The zero-order chi connectivity index (χ0) is 23.5. The Hall–Kier alpha value is -3.55. The first-order chi connectivity index (χ1) is 16.5. The molecule has 1 amide bonds. The van der Waals surface area contributed by atoms with Gasteiger partial charge in [0.15, 0.2) is 0 Å². The van der Waals surface area contributed by atoms with Crippen molar-refractivity contribution in [1.29, 1.82) is 0 Å². The molecular formula is C27H25N3O3S. The topological polar surface area (TPSA) is 79.4 Å². The van der Waals surface area contributed by atoms with Gasteiger partial charge in [0.1, 0.15) is 0 Å². The first kappa shape index (κ1) is 22.3. The molecule has 1 saturated heterocycles. The van der Waals surface area contributed by atoms with Gasteiger partial charge in [-0.25, -0.2) is 8.42 Å². The lowest BCUT2D eigenvalue weighted by molar-refractivity contribution is 0.102. The van der Waals surface area contributed by atoms with Crippen molar-refractivity contribution in [3.8, 4) is 0 Å². The number of fused-ring (bicyclic) bond motifs is 1. The number of sulfonamides is 1. The third-order valence-electron chi connectivity index (χ3n) is 6.28. The van der Waals surface area contributed by atoms with E-state index in [1.807, 2.05) is 48.5 Å². The lowest BCUT2D eigenvalue weighted by atomic mass is 9.99. The van der Waals surface area contributed by atoms with Crippen LogP contribution in [0.25, 0.3) is 10.8 Å². The molecule has 0 bridgehead atoms. The third kappa shape index (κ3) is 4.32. The van der Waals surface area contributed by atoms with E-state index in [0.29, 0.717) is 17.8 Å². The Morgan fingerprint density at radius 3 is 2.50 bits per heavy atom. The molecule has 0 radical (unpaired) electrons. The molecule has 2 heterocycles. The van der Waals surface area contributed by atoms with Crippen LogP contribution in [0.15, 0.2) is 96.2 Å². The molecule has 172 valence electrons. The molecule has 1 atom stereocenters. The number of pyridine rings is 1. The minimum absolute atomic E-state index is 0.214. The number of nitrogens with zero attached hydrogens (tertiary/aromatic N) is 2. The second kappa shape index (κ2) is 9.37. The van der Waals surface area contributed by atoms with Crippen molar-refractivity contribution in [2.45, 2.75) is 30.2 Å². The number of anilines is 1. The number of rotatable bonds is 5. The van der Waals surface area contributed by atoms with E-state index >= 15 is 0 Å². The molecule has 0 aliphatic carbocycles. The van der Waals surface area contributed by atoms with E-state index in [1.54, 1.807) is 47.0 Å². The maximum atomic E-state index is 13.5. The summed E-state index contributed by atoms with van der Waals surface area (Å²) in [6.07, 6.45) is 6.00. The van der Waals surface area contributed by atoms with E-state index in [2.05, 4.69) is 10.3 Å². The third-order valence-corrected chi connectivity index (χ3v) is 8.20. The maximum Gasteiger partial charge on any atom is 0.256 e. The van der Waals surface area contributed by atoms with Crippen LogP contribution in [0.5, 0.6) is 0 Å². The SMILES string of the molecule is O=C(Nc1ccc(S(=O)(=O)N2CCCC[C@H]2c2cccnc2)cc1)c1cccc2ccccc12. The van der Waals surface area contributed by atoms with Gasteiger partial charge in [0.25, 0.3) is 5.91 Å². The zero-order valence-corrected chi connectivity index (χ0v) is 19.4.